The lowest BCUT2D eigenvalue weighted by molar-refractivity contribution is -0.136. The predicted molar refractivity (Wildman–Crippen MR) is 82.0 cm³/mol. The second kappa shape index (κ2) is 6.10. The molecule has 2 heterocycles. The molecule has 3 aromatic rings. The summed E-state index contributed by atoms with van der Waals surface area (Å²) in [5.41, 5.74) is 1.91. The molecule has 0 bridgehead atoms. The SMILES string of the molecule is CCC(Sc1ncnc2c1nnn2-c1ccccc1)C(=O)O. The van der Waals surface area contributed by atoms with E-state index < -0.39 is 11.2 Å². The van der Waals surface area contributed by atoms with Gasteiger partial charge in [-0.05, 0) is 18.6 Å². The molecular weight excluding hydrogens is 302 g/mol. The number of nitrogens with zero attached hydrogens (tertiary/aromatic N) is 5. The van der Waals surface area contributed by atoms with Gasteiger partial charge in [0.15, 0.2) is 11.2 Å². The van der Waals surface area contributed by atoms with E-state index in [9.17, 15) is 9.90 Å². The molecule has 0 aliphatic heterocycles. The predicted octanol–water partition coefficient (Wildman–Crippen LogP) is 2.17. The minimum atomic E-state index is -0.866. The summed E-state index contributed by atoms with van der Waals surface area (Å²) in [6, 6.07) is 9.51. The molecule has 0 spiro atoms. The fourth-order valence-electron chi connectivity index (χ4n) is 2.00. The number of para-hydroxylation sites is 1. The van der Waals surface area contributed by atoms with E-state index >= 15 is 0 Å². The zero-order chi connectivity index (χ0) is 15.5. The molecule has 8 heteroatoms. The van der Waals surface area contributed by atoms with Crippen LogP contribution in [0.5, 0.6) is 0 Å². The second-order valence-electron chi connectivity index (χ2n) is 4.54. The summed E-state index contributed by atoms with van der Waals surface area (Å²) in [5.74, 6) is -0.866. The Hall–Kier alpha value is -2.48. The maximum absolute atomic E-state index is 11.2. The fraction of sp³-hybridized carbons (Fsp3) is 0.214. The van der Waals surface area contributed by atoms with Crippen LogP contribution in [0, 0.1) is 0 Å². The van der Waals surface area contributed by atoms with Gasteiger partial charge in [0.25, 0.3) is 0 Å². The highest BCUT2D eigenvalue weighted by Gasteiger charge is 2.21. The quantitative estimate of drug-likeness (QED) is 0.569. The first-order valence-corrected chi connectivity index (χ1v) is 7.60. The van der Waals surface area contributed by atoms with E-state index in [4.69, 9.17) is 0 Å². The zero-order valence-electron chi connectivity index (χ0n) is 11.7. The molecule has 0 amide bonds. The smallest absolute Gasteiger partial charge is 0.317 e. The van der Waals surface area contributed by atoms with Gasteiger partial charge >= 0.3 is 5.97 Å². The first-order chi connectivity index (χ1) is 10.7. The van der Waals surface area contributed by atoms with Crippen LogP contribution in [-0.2, 0) is 4.79 Å². The Morgan fingerprint density at radius 2 is 2.09 bits per heavy atom. The third kappa shape index (κ3) is 2.64. The van der Waals surface area contributed by atoms with Gasteiger partial charge in [0.1, 0.15) is 16.6 Å². The van der Waals surface area contributed by atoms with Crippen molar-refractivity contribution >= 4 is 28.9 Å². The number of hydrogen-bond donors (Lipinski definition) is 1. The number of aromatic nitrogens is 5. The third-order valence-electron chi connectivity index (χ3n) is 3.11. The van der Waals surface area contributed by atoms with Gasteiger partial charge in [-0.15, -0.1) is 5.10 Å². The Balaban J connectivity index is 2.04. The van der Waals surface area contributed by atoms with Gasteiger partial charge in [-0.25, -0.2) is 9.97 Å². The zero-order valence-corrected chi connectivity index (χ0v) is 12.6. The van der Waals surface area contributed by atoms with Crippen LogP contribution in [0.2, 0.25) is 0 Å². The molecular formula is C14H13N5O2S. The molecule has 1 N–H and O–H groups in total. The van der Waals surface area contributed by atoms with Gasteiger partial charge in [0.05, 0.1) is 5.69 Å². The molecule has 22 heavy (non-hydrogen) atoms. The van der Waals surface area contributed by atoms with Crippen LogP contribution in [0.1, 0.15) is 13.3 Å². The van der Waals surface area contributed by atoms with Gasteiger partial charge in [-0.2, -0.15) is 4.68 Å². The second-order valence-corrected chi connectivity index (χ2v) is 5.73. The summed E-state index contributed by atoms with van der Waals surface area (Å²) in [5, 5.41) is 17.4. The largest absolute Gasteiger partial charge is 0.480 e. The Morgan fingerprint density at radius 1 is 1.32 bits per heavy atom. The molecule has 112 valence electrons. The van der Waals surface area contributed by atoms with E-state index in [-0.39, 0.29) is 0 Å². The Morgan fingerprint density at radius 3 is 2.77 bits per heavy atom. The molecule has 1 atom stereocenters. The van der Waals surface area contributed by atoms with Crippen LogP contribution in [0.15, 0.2) is 41.7 Å². The highest BCUT2D eigenvalue weighted by Crippen LogP contribution is 2.28. The van der Waals surface area contributed by atoms with Gasteiger partial charge in [0.2, 0.25) is 0 Å². The normalized spacial score (nSPS) is 12.4. The molecule has 3 rings (SSSR count). The molecule has 0 saturated heterocycles. The maximum Gasteiger partial charge on any atom is 0.317 e. The van der Waals surface area contributed by atoms with Crippen molar-refractivity contribution in [3.63, 3.8) is 0 Å². The van der Waals surface area contributed by atoms with Crippen LogP contribution in [0.4, 0.5) is 0 Å². The number of fused-ring (bicyclic) bond motifs is 1. The first kappa shape index (κ1) is 14.5. The summed E-state index contributed by atoms with van der Waals surface area (Å²) in [6.45, 7) is 1.82. The number of benzene rings is 1. The summed E-state index contributed by atoms with van der Waals surface area (Å²) in [4.78, 5) is 19.6. The summed E-state index contributed by atoms with van der Waals surface area (Å²) < 4.78 is 1.61. The van der Waals surface area contributed by atoms with Crippen molar-refractivity contribution < 1.29 is 9.90 Å². The number of hydrogen-bond acceptors (Lipinski definition) is 6. The minimum absolute atomic E-state index is 0.498. The standard InChI is InChI=1S/C14H13N5O2S/c1-2-10(14(20)21)22-13-11-12(15-8-16-13)19(18-17-11)9-6-4-3-5-7-9/h3-8,10H,2H2,1H3,(H,20,21). The van der Waals surface area contributed by atoms with E-state index in [1.54, 1.807) is 4.68 Å². The Labute approximate surface area is 130 Å². The topological polar surface area (TPSA) is 93.8 Å². The molecule has 0 saturated carbocycles. The van der Waals surface area contributed by atoms with Gasteiger partial charge in [-0.3, -0.25) is 4.79 Å². The molecule has 1 unspecified atom stereocenters. The van der Waals surface area contributed by atoms with E-state index in [0.717, 1.165) is 5.69 Å². The van der Waals surface area contributed by atoms with Gasteiger partial charge in [-0.1, -0.05) is 42.1 Å². The highest BCUT2D eigenvalue weighted by atomic mass is 32.2. The van der Waals surface area contributed by atoms with Crippen LogP contribution in [0.25, 0.3) is 16.9 Å². The van der Waals surface area contributed by atoms with Crippen molar-refractivity contribution in [1.29, 1.82) is 0 Å². The van der Waals surface area contributed by atoms with Crippen molar-refractivity contribution in [2.75, 3.05) is 0 Å². The van der Waals surface area contributed by atoms with Crippen molar-refractivity contribution in [1.82, 2.24) is 25.0 Å². The van der Waals surface area contributed by atoms with E-state index in [1.807, 2.05) is 37.3 Å². The molecule has 1 aromatic carbocycles. The van der Waals surface area contributed by atoms with Crippen LogP contribution in [-0.4, -0.2) is 41.3 Å². The average Bonchev–Trinajstić information content (AvgIpc) is 2.98. The monoisotopic (exact) mass is 315 g/mol. The van der Waals surface area contributed by atoms with Gasteiger partial charge in [0, 0.05) is 0 Å². The van der Waals surface area contributed by atoms with Crippen LogP contribution in [0.3, 0.4) is 0 Å². The lowest BCUT2D eigenvalue weighted by Gasteiger charge is -2.08. The van der Waals surface area contributed by atoms with E-state index in [1.165, 1.54) is 18.1 Å². The number of rotatable bonds is 5. The molecule has 0 radical (unpaired) electrons. The maximum atomic E-state index is 11.2. The van der Waals surface area contributed by atoms with Crippen LogP contribution < -0.4 is 0 Å². The molecule has 7 nitrogen and oxygen atoms in total. The lowest BCUT2D eigenvalue weighted by Crippen LogP contribution is -2.15. The number of carbonyl (C=O) groups is 1. The Kier molecular flexibility index (Phi) is 4.01. The fourth-order valence-corrected chi connectivity index (χ4v) is 2.89. The number of carboxylic acids is 1. The molecule has 2 aromatic heterocycles. The van der Waals surface area contributed by atoms with Crippen molar-refractivity contribution in [3.8, 4) is 5.69 Å². The van der Waals surface area contributed by atoms with Crippen LogP contribution >= 0.6 is 11.8 Å². The summed E-state index contributed by atoms with van der Waals surface area (Å²) in [7, 11) is 0. The highest BCUT2D eigenvalue weighted by molar-refractivity contribution is 8.00. The van der Waals surface area contributed by atoms with E-state index in [0.29, 0.717) is 22.6 Å². The summed E-state index contributed by atoms with van der Waals surface area (Å²) in [6.07, 6.45) is 1.90. The average molecular weight is 315 g/mol. The number of carboxylic acid groups (broad SMARTS) is 1. The Bertz CT molecular complexity index is 805. The third-order valence-corrected chi connectivity index (χ3v) is 4.45. The molecule has 0 aliphatic rings. The van der Waals surface area contributed by atoms with Crippen molar-refractivity contribution in [2.45, 2.75) is 23.6 Å². The summed E-state index contributed by atoms with van der Waals surface area (Å²) >= 11 is 1.17. The van der Waals surface area contributed by atoms with Gasteiger partial charge < -0.3 is 5.11 Å². The van der Waals surface area contributed by atoms with Crippen molar-refractivity contribution in [3.05, 3.63) is 36.7 Å². The minimum Gasteiger partial charge on any atom is -0.480 e. The van der Waals surface area contributed by atoms with E-state index in [2.05, 4.69) is 20.3 Å². The number of aliphatic carboxylic acids is 1. The van der Waals surface area contributed by atoms with Crippen molar-refractivity contribution in [2.24, 2.45) is 0 Å². The number of thioether (sulfide) groups is 1. The first-order valence-electron chi connectivity index (χ1n) is 6.72. The molecule has 0 fully saturated rings. The lowest BCUT2D eigenvalue weighted by atomic mass is 10.3. The molecule has 0 aliphatic carbocycles.